The van der Waals surface area contributed by atoms with E-state index < -0.39 is 0 Å². The lowest BCUT2D eigenvalue weighted by molar-refractivity contribution is 0.394. The minimum absolute atomic E-state index is 0.363. The Kier molecular flexibility index (Phi) is 6.48. The molecule has 0 spiro atoms. The van der Waals surface area contributed by atoms with Crippen LogP contribution < -0.4 is 5.32 Å². The number of rotatable bonds is 9. The number of aromatic nitrogens is 2. The lowest BCUT2D eigenvalue weighted by atomic mass is 10.1. The van der Waals surface area contributed by atoms with Crippen LogP contribution in [0, 0.1) is 0 Å². The van der Waals surface area contributed by atoms with Gasteiger partial charge in [0.25, 0.3) is 0 Å². The highest BCUT2D eigenvalue weighted by Gasteiger charge is 2.22. The average molecular weight is 325 g/mol. The molecule has 2 aromatic rings. The van der Waals surface area contributed by atoms with Crippen LogP contribution >= 0.6 is 0 Å². The Balaban J connectivity index is 1.68. The first-order chi connectivity index (χ1) is 11.9. The molecule has 0 aliphatic heterocycles. The highest BCUT2D eigenvalue weighted by atomic mass is 15.0. The van der Waals surface area contributed by atoms with Crippen molar-refractivity contribution in [1.29, 1.82) is 0 Å². The molecule has 1 aliphatic carbocycles. The molecule has 0 bridgehead atoms. The molecule has 1 heterocycles. The summed E-state index contributed by atoms with van der Waals surface area (Å²) in [5.41, 5.74) is 2.33. The van der Waals surface area contributed by atoms with Crippen molar-refractivity contribution in [3.63, 3.8) is 0 Å². The molecule has 1 saturated carbocycles. The van der Waals surface area contributed by atoms with Gasteiger partial charge in [0.15, 0.2) is 0 Å². The van der Waals surface area contributed by atoms with Gasteiger partial charge in [-0.2, -0.15) is 0 Å². The molecule has 24 heavy (non-hydrogen) atoms. The molecule has 0 amide bonds. The minimum atomic E-state index is 0.363. The van der Waals surface area contributed by atoms with Crippen molar-refractivity contribution in [2.45, 2.75) is 76.8 Å². The molecule has 2 N–H and O–H groups in total. The second-order valence-electron chi connectivity index (χ2n) is 7.10. The van der Waals surface area contributed by atoms with Crippen molar-refractivity contribution in [1.82, 2.24) is 15.3 Å². The van der Waals surface area contributed by atoms with E-state index >= 15 is 0 Å². The summed E-state index contributed by atoms with van der Waals surface area (Å²) in [4.78, 5) is 8.29. The standard InChI is InChI=1S/C21H31N3/c1-2-3-4-8-15-19(23-18-13-9-10-14-18)21-22-16-20(24-21)17-11-6-5-7-12-17/h5-7,11-12,16,18-19,23H,2-4,8-10,13-15H2,1H3,(H,22,24). The number of nitrogens with one attached hydrogen (secondary N) is 2. The predicted octanol–water partition coefficient (Wildman–Crippen LogP) is 5.62. The summed E-state index contributed by atoms with van der Waals surface area (Å²) in [6.45, 7) is 2.27. The number of hydrogen-bond acceptors (Lipinski definition) is 2. The Hall–Kier alpha value is -1.61. The molecule has 1 aliphatic rings. The second kappa shape index (κ2) is 9.03. The van der Waals surface area contributed by atoms with Crippen molar-refractivity contribution in [3.8, 4) is 11.3 Å². The van der Waals surface area contributed by atoms with Gasteiger partial charge in [-0.15, -0.1) is 0 Å². The van der Waals surface area contributed by atoms with Crippen LogP contribution in [-0.4, -0.2) is 16.0 Å². The summed E-state index contributed by atoms with van der Waals surface area (Å²) in [5, 5.41) is 3.88. The molecule has 0 saturated heterocycles. The van der Waals surface area contributed by atoms with Crippen molar-refractivity contribution in [2.24, 2.45) is 0 Å². The van der Waals surface area contributed by atoms with E-state index in [4.69, 9.17) is 4.98 Å². The lowest BCUT2D eigenvalue weighted by Crippen LogP contribution is -2.31. The van der Waals surface area contributed by atoms with E-state index in [9.17, 15) is 0 Å². The average Bonchev–Trinajstić information content (AvgIpc) is 3.30. The number of aromatic amines is 1. The number of imidazole rings is 1. The molecule has 1 atom stereocenters. The van der Waals surface area contributed by atoms with Crippen LogP contribution in [0.15, 0.2) is 36.5 Å². The highest BCUT2D eigenvalue weighted by Crippen LogP contribution is 2.26. The van der Waals surface area contributed by atoms with E-state index in [0.29, 0.717) is 12.1 Å². The Morgan fingerprint density at radius 3 is 2.67 bits per heavy atom. The van der Waals surface area contributed by atoms with Gasteiger partial charge in [0, 0.05) is 6.04 Å². The third-order valence-electron chi connectivity index (χ3n) is 5.15. The first kappa shape index (κ1) is 17.2. The van der Waals surface area contributed by atoms with Gasteiger partial charge in [0.05, 0.1) is 17.9 Å². The molecule has 3 heteroatoms. The fourth-order valence-corrected chi connectivity index (χ4v) is 3.73. The molecular weight excluding hydrogens is 294 g/mol. The van der Waals surface area contributed by atoms with Crippen LogP contribution in [0.25, 0.3) is 11.3 Å². The largest absolute Gasteiger partial charge is 0.341 e. The molecule has 1 aromatic heterocycles. The zero-order chi connectivity index (χ0) is 16.6. The summed E-state index contributed by atoms with van der Waals surface area (Å²) in [6, 6.07) is 11.5. The number of benzene rings is 1. The smallest absolute Gasteiger partial charge is 0.123 e. The van der Waals surface area contributed by atoms with E-state index in [1.807, 2.05) is 6.20 Å². The van der Waals surface area contributed by atoms with Crippen LogP contribution in [0.1, 0.15) is 76.6 Å². The van der Waals surface area contributed by atoms with Crippen LogP contribution in [0.5, 0.6) is 0 Å². The number of unbranched alkanes of at least 4 members (excludes halogenated alkanes) is 3. The Morgan fingerprint density at radius 1 is 1.12 bits per heavy atom. The van der Waals surface area contributed by atoms with E-state index in [0.717, 1.165) is 11.5 Å². The Labute approximate surface area is 146 Å². The van der Waals surface area contributed by atoms with Gasteiger partial charge in [-0.1, -0.05) is 75.8 Å². The number of nitrogens with zero attached hydrogens (tertiary/aromatic N) is 1. The van der Waals surface area contributed by atoms with Gasteiger partial charge >= 0.3 is 0 Å². The summed E-state index contributed by atoms with van der Waals surface area (Å²) in [5.74, 6) is 1.11. The summed E-state index contributed by atoms with van der Waals surface area (Å²) in [7, 11) is 0. The maximum atomic E-state index is 4.72. The van der Waals surface area contributed by atoms with Crippen LogP contribution in [0.4, 0.5) is 0 Å². The van der Waals surface area contributed by atoms with Crippen LogP contribution in [0.3, 0.4) is 0 Å². The fourth-order valence-electron chi connectivity index (χ4n) is 3.73. The van der Waals surface area contributed by atoms with Gasteiger partial charge in [-0.25, -0.2) is 4.98 Å². The van der Waals surface area contributed by atoms with E-state index in [1.54, 1.807) is 0 Å². The first-order valence-corrected chi connectivity index (χ1v) is 9.73. The van der Waals surface area contributed by atoms with E-state index in [2.05, 4.69) is 47.6 Å². The molecule has 1 fully saturated rings. The van der Waals surface area contributed by atoms with Gasteiger partial charge in [-0.3, -0.25) is 0 Å². The fraction of sp³-hybridized carbons (Fsp3) is 0.571. The van der Waals surface area contributed by atoms with Gasteiger partial charge in [0.2, 0.25) is 0 Å². The molecule has 3 nitrogen and oxygen atoms in total. The molecule has 1 unspecified atom stereocenters. The van der Waals surface area contributed by atoms with Crippen LogP contribution in [0.2, 0.25) is 0 Å². The predicted molar refractivity (Wildman–Crippen MR) is 101 cm³/mol. The molecule has 0 radical (unpaired) electrons. The summed E-state index contributed by atoms with van der Waals surface area (Å²) in [6.07, 6.45) is 13.8. The maximum Gasteiger partial charge on any atom is 0.123 e. The topological polar surface area (TPSA) is 40.7 Å². The molecule has 130 valence electrons. The molecule has 1 aromatic carbocycles. The lowest BCUT2D eigenvalue weighted by Gasteiger charge is -2.21. The number of H-pyrrole nitrogens is 1. The third kappa shape index (κ3) is 4.70. The van der Waals surface area contributed by atoms with Crippen molar-refractivity contribution >= 4 is 0 Å². The molecule has 3 rings (SSSR count). The Morgan fingerprint density at radius 2 is 1.92 bits per heavy atom. The minimum Gasteiger partial charge on any atom is -0.341 e. The normalized spacial score (nSPS) is 16.5. The van der Waals surface area contributed by atoms with Gasteiger partial charge < -0.3 is 10.3 Å². The SMILES string of the molecule is CCCCCCC(NC1CCCC1)c1ncc(-c2ccccc2)[nH]1. The first-order valence-electron chi connectivity index (χ1n) is 9.73. The van der Waals surface area contributed by atoms with Gasteiger partial charge in [-0.05, 0) is 24.8 Å². The van der Waals surface area contributed by atoms with Gasteiger partial charge in [0.1, 0.15) is 5.82 Å². The quantitative estimate of drug-likeness (QED) is 0.587. The van der Waals surface area contributed by atoms with Crippen molar-refractivity contribution in [2.75, 3.05) is 0 Å². The van der Waals surface area contributed by atoms with Crippen molar-refractivity contribution < 1.29 is 0 Å². The zero-order valence-corrected chi connectivity index (χ0v) is 14.9. The number of hydrogen-bond donors (Lipinski definition) is 2. The zero-order valence-electron chi connectivity index (χ0n) is 14.9. The van der Waals surface area contributed by atoms with E-state index in [-0.39, 0.29) is 0 Å². The summed E-state index contributed by atoms with van der Waals surface area (Å²) >= 11 is 0. The second-order valence-corrected chi connectivity index (χ2v) is 7.10. The summed E-state index contributed by atoms with van der Waals surface area (Å²) < 4.78 is 0. The molecular formula is C21H31N3. The van der Waals surface area contributed by atoms with Crippen molar-refractivity contribution in [3.05, 3.63) is 42.4 Å². The third-order valence-corrected chi connectivity index (χ3v) is 5.15. The highest BCUT2D eigenvalue weighted by molar-refractivity contribution is 5.58. The Bertz CT molecular complexity index is 584. The van der Waals surface area contributed by atoms with E-state index in [1.165, 1.54) is 63.4 Å². The maximum absolute atomic E-state index is 4.72. The monoisotopic (exact) mass is 325 g/mol. The van der Waals surface area contributed by atoms with Crippen LogP contribution in [-0.2, 0) is 0 Å².